The molecule has 1 aliphatic rings. The van der Waals surface area contributed by atoms with E-state index in [4.69, 9.17) is 0 Å². The Morgan fingerprint density at radius 2 is 1.85 bits per heavy atom. The van der Waals surface area contributed by atoms with Gasteiger partial charge in [0.05, 0.1) is 6.20 Å². The summed E-state index contributed by atoms with van der Waals surface area (Å²) in [7, 11) is 0. The van der Waals surface area contributed by atoms with Gasteiger partial charge in [0.15, 0.2) is 0 Å². The number of likely N-dealkylation sites (tertiary alicyclic amines) is 1. The van der Waals surface area contributed by atoms with Crippen LogP contribution in [0.2, 0.25) is 0 Å². The lowest BCUT2D eigenvalue weighted by Gasteiger charge is -2.26. The third kappa shape index (κ3) is 7.57. The van der Waals surface area contributed by atoms with Crippen molar-refractivity contribution in [3.8, 4) is 0 Å². The fourth-order valence-corrected chi connectivity index (χ4v) is 3.90. The summed E-state index contributed by atoms with van der Waals surface area (Å²) in [6, 6.07) is 11.6. The van der Waals surface area contributed by atoms with E-state index in [9.17, 15) is 4.79 Å². The number of benzene rings is 1. The van der Waals surface area contributed by atoms with E-state index in [1.807, 2.05) is 30.3 Å². The van der Waals surface area contributed by atoms with Gasteiger partial charge in [-0.3, -0.25) is 9.89 Å². The number of aromatic nitrogens is 4. The molecular formula is C24H32N8O. The first kappa shape index (κ1) is 22.7. The van der Waals surface area contributed by atoms with Gasteiger partial charge in [-0.1, -0.05) is 18.6 Å². The van der Waals surface area contributed by atoms with Gasteiger partial charge in [0.25, 0.3) is 0 Å². The Morgan fingerprint density at radius 3 is 2.64 bits per heavy atom. The highest BCUT2D eigenvalue weighted by Gasteiger charge is 2.09. The zero-order chi connectivity index (χ0) is 22.7. The minimum absolute atomic E-state index is 0.117. The van der Waals surface area contributed by atoms with Crippen molar-refractivity contribution < 1.29 is 4.79 Å². The van der Waals surface area contributed by atoms with Crippen molar-refractivity contribution in [2.45, 2.75) is 38.5 Å². The van der Waals surface area contributed by atoms with Crippen molar-refractivity contribution in [2.75, 3.05) is 36.8 Å². The predicted octanol–water partition coefficient (Wildman–Crippen LogP) is 3.61. The topological polar surface area (TPSA) is 111 Å². The zero-order valence-corrected chi connectivity index (χ0v) is 18.9. The summed E-state index contributed by atoms with van der Waals surface area (Å²) in [6.45, 7) is 4.25. The summed E-state index contributed by atoms with van der Waals surface area (Å²) in [5.41, 5.74) is 2.01. The van der Waals surface area contributed by atoms with Gasteiger partial charge in [-0.25, -0.2) is 4.98 Å². The Morgan fingerprint density at radius 1 is 1.00 bits per heavy atom. The molecule has 0 atom stereocenters. The van der Waals surface area contributed by atoms with Crippen LogP contribution in [0.5, 0.6) is 0 Å². The fraction of sp³-hybridized carbons (Fsp3) is 0.417. The second-order valence-corrected chi connectivity index (χ2v) is 8.29. The summed E-state index contributed by atoms with van der Waals surface area (Å²) in [5, 5.41) is 16.1. The third-order valence-corrected chi connectivity index (χ3v) is 5.69. The smallest absolute Gasteiger partial charge is 0.229 e. The molecule has 174 valence electrons. The van der Waals surface area contributed by atoms with Crippen LogP contribution in [0.3, 0.4) is 0 Å². The quantitative estimate of drug-likeness (QED) is 0.332. The molecule has 0 bridgehead atoms. The Bertz CT molecular complexity index is 984. The van der Waals surface area contributed by atoms with E-state index < -0.39 is 0 Å². The van der Waals surface area contributed by atoms with E-state index in [1.165, 1.54) is 32.4 Å². The molecule has 9 heteroatoms. The number of hydrogen-bond donors (Lipinski definition) is 4. The van der Waals surface area contributed by atoms with Crippen LogP contribution in [0, 0.1) is 0 Å². The minimum Gasteiger partial charge on any atom is -0.356 e. The number of aromatic amines is 1. The molecule has 2 aromatic heterocycles. The maximum atomic E-state index is 12.2. The number of nitrogens with one attached hydrogen (secondary N) is 4. The molecule has 1 saturated heterocycles. The number of amides is 1. The van der Waals surface area contributed by atoms with Crippen LogP contribution in [0.25, 0.3) is 0 Å². The van der Waals surface area contributed by atoms with E-state index in [2.05, 4.69) is 41.0 Å². The third-order valence-electron chi connectivity index (χ3n) is 5.69. The summed E-state index contributed by atoms with van der Waals surface area (Å²) in [5.74, 6) is 2.03. The first-order valence-corrected chi connectivity index (χ1v) is 11.7. The maximum absolute atomic E-state index is 12.2. The van der Waals surface area contributed by atoms with Crippen molar-refractivity contribution >= 4 is 29.2 Å². The van der Waals surface area contributed by atoms with Gasteiger partial charge < -0.3 is 20.9 Å². The number of nitrogens with zero attached hydrogens (tertiary/aromatic N) is 4. The predicted molar refractivity (Wildman–Crippen MR) is 130 cm³/mol. The molecular weight excluding hydrogens is 416 g/mol. The van der Waals surface area contributed by atoms with E-state index in [1.54, 1.807) is 18.5 Å². The SMILES string of the molecule is O=C(CCc1ccc(Nc2nccc(Nc3ccn[nH]3)n2)cc1)NCCCN1CCCCC1. The number of carbonyl (C=O) groups is 1. The highest BCUT2D eigenvalue weighted by molar-refractivity contribution is 5.76. The van der Waals surface area contributed by atoms with Crippen LogP contribution < -0.4 is 16.0 Å². The second-order valence-electron chi connectivity index (χ2n) is 8.29. The molecule has 1 amide bonds. The molecule has 9 nitrogen and oxygen atoms in total. The molecule has 3 heterocycles. The van der Waals surface area contributed by atoms with Crippen molar-refractivity contribution in [1.82, 2.24) is 30.4 Å². The number of aryl methyl sites for hydroxylation is 1. The van der Waals surface area contributed by atoms with Crippen LogP contribution in [-0.2, 0) is 11.2 Å². The van der Waals surface area contributed by atoms with Crippen LogP contribution in [0.15, 0.2) is 48.8 Å². The first-order valence-electron chi connectivity index (χ1n) is 11.7. The van der Waals surface area contributed by atoms with Crippen molar-refractivity contribution in [3.05, 3.63) is 54.4 Å². The Kier molecular flexibility index (Phi) is 8.24. The Hall–Kier alpha value is -3.46. The molecule has 4 rings (SSSR count). The van der Waals surface area contributed by atoms with E-state index in [0.29, 0.717) is 18.2 Å². The number of rotatable bonds is 11. The minimum atomic E-state index is 0.117. The summed E-state index contributed by atoms with van der Waals surface area (Å²) in [6.07, 6.45) is 9.58. The molecule has 4 N–H and O–H groups in total. The van der Waals surface area contributed by atoms with Gasteiger partial charge >= 0.3 is 0 Å². The molecule has 3 aromatic rings. The maximum Gasteiger partial charge on any atom is 0.229 e. The monoisotopic (exact) mass is 448 g/mol. The van der Waals surface area contributed by atoms with Gasteiger partial charge in [0.2, 0.25) is 11.9 Å². The molecule has 0 aliphatic carbocycles. The number of carbonyl (C=O) groups excluding carboxylic acids is 1. The first-order chi connectivity index (χ1) is 16.2. The van der Waals surface area contributed by atoms with Gasteiger partial charge in [0.1, 0.15) is 11.6 Å². The van der Waals surface area contributed by atoms with E-state index in [-0.39, 0.29) is 5.91 Å². The molecule has 1 aliphatic heterocycles. The van der Waals surface area contributed by atoms with Crippen LogP contribution in [0.1, 0.15) is 37.7 Å². The van der Waals surface area contributed by atoms with E-state index in [0.717, 1.165) is 43.0 Å². The average Bonchev–Trinajstić information content (AvgIpc) is 3.35. The van der Waals surface area contributed by atoms with Gasteiger partial charge in [0, 0.05) is 30.9 Å². The lowest BCUT2D eigenvalue weighted by Crippen LogP contribution is -2.33. The molecule has 0 radical (unpaired) electrons. The Balaban J connectivity index is 1.16. The largest absolute Gasteiger partial charge is 0.356 e. The molecule has 0 spiro atoms. The highest BCUT2D eigenvalue weighted by Crippen LogP contribution is 2.17. The Labute approximate surface area is 194 Å². The summed E-state index contributed by atoms with van der Waals surface area (Å²) >= 11 is 0. The van der Waals surface area contributed by atoms with Gasteiger partial charge in [-0.15, -0.1) is 0 Å². The number of hydrogen-bond acceptors (Lipinski definition) is 7. The number of H-pyrrole nitrogens is 1. The summed E-state index contributed by atoms with van der Waals surface area (Å²) in [4.78, 5) is 23.4. The van der Waals surface area contributed by atoms with Crippen molar-refractivity contribution in [1.29, 1.82) is 0 Å². The molecule has 1 fully saturated rings. The van der Waals surface area contributed by atoms with Crippen LogP contribution in [0.4, 0.5) is 23.3 Å². The highest BCUT2D eigenvalue weighted by atomic mass is 16.1. The molecule has 1 aromatic carbocycles. The summed E-state index contributed by atoms with van der Waals surface area (Å²) < 4.78 is 0. The van der Waals surface area contributed by atoms with Crippen LogP contribution in [-0.4, -0.2) is 57.2 Å². The standard InChI is InChI=1S/C24H32N8O/c33-23(25-13-4-18-32-16-2-1-3-17-32)10-7-19-5-8-20(9-6-19)28-24-26-14-11-21(30-24)29-22-12-15-27-31-22/h5-6,8-9,11-12,14-15H,1-4,7,10,13,16-18H2,(H,25,33)(H3,26,27,28,29,30,31). The average molecular weight is 449 g/mol. The zero-order valence-electron chi connectivity index (χ0n) is 18.9. The number of anilines is 4. The second kappa shape index (κ2) is 12.0. The lowest BCUT2D eigenvalue weighted by atomic mass is 10.1. The fourth-order valence-electron chi connectivity index (χ4n) is 3.90. The van der Waals surface area contributed by atoms with Crippen LogP contribution >= 0.6 is 0 Å². The normalized spacial score (nSPS) is 14.1. The molecule has 33 heavy (non-hydrogen) atoms. The number of piperidine rings is 1. The molecule has 0 saturated carbocycles. The van der Waals surface area contributed by atoms with Crippen molar-refractivity contribution in [2.24, 2.45) is 0 Å². The lowest BCUT2D eigenvalue weighted by molar-refractivity contribution is -0.121. The van der Waals surface area contributed by atoms with Crippen molar-refractivity contribution in [3.63, 3.8) is 0 Å². The van der Waals surface area contributed by atoms with Gasteiger partial charge in [-0.2, -0.15) is 10.1 Å². The molecule has 0 unspecified atom stereocenters. The van der Waals surface area contributed by atoms with Gasteiger partial charge in [-0.05, 0) is 69.1 Å². The van der Waals surface area contributed by atoms with E-state index >= 15 is 0 Å².